The third-order valence-electron chi connectivity index (χ3n) is 4.33. The lowest BCUT2D eigenvalue weighted by Gasteiger charge is -2.33. The number of morpholine rings is 1. The van der Waals surface area contributed by atoms with Crippen molar-refractivity contribution in [1.29, 1.82) is 0 Å². The number of halogens is 4. The largest absolute Gasteiger partial charge is 0.416 e. The highest BCUT2D eigenvalue weighted by atomic mass is 35.5. The van der Waals surface area contributed by atoms with Crippen LogP contribution in [-0.4, -0.2) is 37.1 Å². The maximum absolute atomic E-state index is 13.0. The molecule has 1 N–H and O–H groups in total. The van der Waals surface area contributed by atoms with E-state index in [1.807, 2.05) is 35.2 Å². The second kappa shape index (κ2) is 8.29. The quantitative estimate of drug-likeness (QED) is 0.831. The first-order chi connectivity index (χ1) is 12.9. The Morgan fingerprint density at radius 1 is 1.11 bits per heavy atom. The van der Waals surface area contributed by atoms with Crippen LogP contribution in [0, 0.1) is 0 Å². The molecule has 1 aliphatic heterocycles. The molecule has 0 saturated carbocycles. The highest BCUT2D eigenvalue weighted by Gasteiger charge is 2.32. The highest BCUT2D eigenvalue weighted by molar-refractivity contribution is 6.33. The molecule has 0 spiro atoms. The number of benzene rings is 2. The number of amides is 1. The van der Waals surface area contributed by atoms with E-state index in [-0.39, 0.29) is 10.7 Å². The van der Waals surface area contributed by atoms with Crippen molar-refractivity contribution in [3.05, 3.63) is 64.7 Å². The lowest BCUT2D eigenvalue weighted by Crippen LogP contribution is -2.43. The van der Waals surface area contributed by atoms with E-state index >= 15 is 0 Å². The summed E-state index contributed by atoms with van der Waals surface area (Å²) in [7, 11) is 0. The summed E-state index contributed by atoms with van der Waals surface area (Å²) in [5, 5.41) is 2.61. The van der Waals surface area contributed by atoms with Crippen molar-refractivity contribution in [2.24, 2.45) is 0 Å². The van der Waals surface area contributed by atoms with Gasteiger partial charge in [-0.1, -0.05) is 41.9 Å². The van der Waals surface area contributed by atoms with E-state index in [1.165, 1.54) is 0 Å². The molecule has 1 saturated heterocycles. The molecule has 0 bridgehead atoms. The van der Waals surface area contributed by atoms with Crippen molar-refractivity contribution in [3.8, 4) is 0 Å². The van der Waals surface area contributed by atoms with Crippen molar-refractivity contribution < 1.29 is 22.7 Å². The number of carbonyl (C=O) groups is 1. The van der Waals surface area contributed by atoms with E-state index in [0.717, 1.165) is 23.8 Å². The van der Waals surface area contributed by atoms with Gasteiger partial charge in [0, 0.05) is 13.1 Å². The Morgan fingerprint density at radius 2 is 1.78 bits per heavy atom. The van der Waals surface area contributed by atoms with Gasteiger partial charge in [-0.15, -0.1) is 0 Å². The van der Waals surface area contributed by atoms with Gasteiger partial charge in [-0.2, -0.15) is 13.2 Å². The number of nitrogens with one attached hydrogen (secondary N) is 1. The van der Waals surface area contributed by atoms with Crippen LogP contribution in [-0.2, 0) is 15.7 Å². The fourth-order valence-electron chi connectivity index (χ4n) is 3.00. The third-order valence-corrected chi connectivity index (χ3v) is 4.66. The van der Waals surface area contributed by atoms with Crippen LogP contribution in [0.3, 0.4) is 0 Å². The van der Waals surface area contributed by atoms with Crippen LogP contribution in [0.4, 0.5) is 18.9 Å². The zero-order chi connectivity index (χ0) is 19.4. The summed E-state index contributed by atoms with van der Waals surface area (Å²) in [6, 6.07) is 11.3. The molecule has 144 valence electrons. The van der Waals surface area contributed by atoms with E-state index < -0.39 is 23.7 Å². The van der Waals surface area contributed by atoms with E-state index in [2.05, 4.69) is 5.32 Å². The predicted octanol–water partition coefficient (Wildman–Crippen LogP) is 4.37. The third kappa shape index (κ3) is 4.80. The van der Waals surface area contributed by atoms with Gasteiger partial charge in [0.1, 0.15) is 6.04 Å². The summed E-state index contributed by atoms with van der Waals surface area (Å²) in [5.74, 6) is -0.440. The molecule has 2 aromatic carbocycles. The van der Waals surface area contributed by atoms with Crippen LogP contribution >= 0.6 is 11.6 Å². The molecule has 8 heteroatoms. The molecule has 3 rings (SSSR count). The molecule has 1 heterocycles. The van der Waals surface area contributed by atoms with Crippen molar-refractivity contribution >= 4 is 23.2 Å². The van der Waals surface area contributed by atoms with Crippen molar-refractivity contribution in [3.63, 3.8) is 0 Å². The van der Waals surface area contributed by atoms with Gasteiger partial charge < -0.3 is 10.1 Å². The lowest BCUT2D eigenvalue weighted by molar-refractivity contribution is -0.137. The summed E-state index contributed by atoms with van der Waals surface area (Å²) in [4.78, 5) is 14.9. The van der Waals surface area contributed by atoms with Crippen LogP contribution < -0.4 is 5.32 Å². The molecule has 1 fully saturated rings. The van der Waals surface area contributed by atoms with Crippen molar-refractivity contribution in [2.75, 3.05) is 31.6 Å². The van der Waals surface area contributed by atoms with Gasteiger partial charge in [0.15, 0.2) is 0 Å². The van der Waals surface area contributed by atoms with Gasteiger partial charge in [0.05, 0.1) is 29.5 Å². The van der Waals surface area contributed by atoms with Gasteiger partial charge in [-0.25, -0.2) is 0 Å². The van der Waals surface area contributed by atoms with Gasteiger partial charge in [0.2, 0.25) is 5.91 Å². The van der Waals surface area contributed by atoms with Crippen LogP contribution in [0.1, 0.15) is 17.2 Å². The first-order valence-electron chi connectivity index (χ1n) is 8.40. The average molecular weight is 399 g/mol. The maximum Gasteiger partial charge on any atom is 0.416 e. The maximum atomic E-state index is 13.0. The Labute approximate surface area is 159 Å². The Bertz CT molecular complexity index is 793. The summed E-state index contributed by atoms with van der Waals surface area (Å²) in [6.45, 7) is 2.06. The van der Waals surface area contributed by atoms with E-state index in [1.54, 1.807) is 0 Å². The fraction of sp³-hybridized carbons (Fsp3) is 0.316. The number of carbonyl (C=O) groups excluding carboxylic acids is 1. The summed E-state index contributed by atoms with van der Waals surface area (Å²) >= 11 is 6.01. The molecule has 27 heavy (non-hydrogen) atoms. The summed E-state index contributed by atoms with van der Waals surface area (Å²) in [6.07, 6.45) is -4.52. The van der Waals surface area contributed by atoms with E-state index in [0.29, 0.717) is 26.3 Å². The summed E-state index contributed by atoms with van der Waals surface area (Å²) in [5.41, 5.74) is -0.185. The zero-order valence-corrected chi connectivity index (χ0v) is 15.1. The van der Waals surface area contributed by atoms with Crippen molar-refractivity contribution in [1.82, 2.24) is 4.90 Å². The lowest BCUT2D eigenvalue weighted by atomic mass is 10.0. The molecule has 4 nitrogen and oxygen atoms in total. The molecule has 1 amide bonds. The van der Waals surface area contributed by atoms with E-state index in [4.69, 9.17) is 16.3 Å². The standard InChI is InChI=1S/C19H18ClF3N2O2/c20-15-7-6-14(19(21,22)23)12-16(15)24-18(26)17(13-4-2-1-3-5-13)25-8-10-27-11-9-25/h1-7,12,17H,8-11H2,(H,24,26)/t17-/m1/s1. The number of ether oxygens (including phenoxy) is 1. The Hall–Kier alpha value is -2.09. The number of rotatable bonds is 4. The zero-order valence-electron chi connectivity index (χ0n) is 14.3. The first kappa shape index (κ1) is 19.7. The Morgan fingerprint density at radius 3 is 2.41 bits per heavy atom. The highest BCUT2D eigenvalue weighted by Crippen LogP contribution is 2.34. The SMILES string of the molecule is O=C(Nc1cc(C(F)(F)F)ccc1Cl)[C@@H](c1ccccc1)N1CCOCC1. The molecule has 0 unspecified atom stereocenters. The minimum Gasteiger partial charge on any atom is -0.379 e. The number of nitrogens with zero attached hydrogens (tertiary/aromatic N) is 1. The monoisotopic (exact) mass is 398 g/mol. The molecule has 1 aliphatic rings. The van der Waals surface area contributed by atoms with Crippen molar-refractivity contribution in [2.45, 2.75) is 12.2 Å². The van der Waals surface area contributed by atoms with Crippen LogP contribution in [0.25, 0.3) is 0 Å². The van der Waals surface area contributed by atoms with E-state index in [9.17, 15) is 18.0 Å². The van der Waals surface area contributed by atoms with Crippen LogP contribution in [0.5, 0.6) is 0 Å². The number of anilines is 1. The first-order valence-corrected chi connectivity index (χ1v) is 8.78. The second-order valence-corrected chi connectivity index (χ2v) is 6.55. The average Bonchev–Trinajstić information content (AvgIpc) is 2.64. The fourth-order valence-corrected chi connectivity index (χ4v) is 3.16. The molecular formula is C19H18ClF3N2O2. The molecule has 0 radical (unpaired) electrons. The molecule has 2 aromatic rings. The number of hydrogen-bond donors (Lipinski definition) is 1. The molecule has 0 aliphatic carbocycles. The number of alkyl halides is 3. The van der Waals surface area contributed by atoms with Crippen LogP contribution in [0.2, 0.25) is 5.02 Å². The number of hydrogen-bond acceptors (Lipinski definition) is 3. The van der Waals surface area contributed by atoms with Crippen LogP contribution in [0.15, 0.2) is 48.5 Å². The predicted molar refractivity (Wildman–Crippen MR) is 96.7 cm³/mol. The van der Waals surface area contributed by atoms with Gasteiger partial charge in [-0.05, 0) is 23.8 Å². The normalized spacial score (nSPS) is 16.7. The van der Waals surface area contributed by atoms with Gasteiger partial charge >= 0.3 is 6.18 Å². The summed E-state index contributed by atoms with van der Waals surface area (Å²) < 4.78 is 44.3. The topological polar surface area (TPSA) is 41.6 Å². The van der Waals surface area contributed by atoms with Gasteiger partial charge in [0.25, 0.3) is 0 Å². The molecule has 0 aromatic heterocycles. The smallest absolute Gasteiger partial charge is 0.379 e. The van der Waals surface area contributed by atoms with Gasteiger partial charge in [-0.3, -0.25) is 9.69 Å². The minimum atomic E-state index is -4.52. The Balaban J connectivity index is 1.89. The molecular weight excluding hydrogens is 381 g/mol. The minimum absolute atomic E-state index is 0.0464. The Kier molecular flexibility index (Phi) is 6.04. The second-order valence-electron chi connectivity index (χ2n) is 6.14. The molecule has 1 atom stereocenters.